The van der Waals surface area contributed by atoms with Gasteiger partial charge in [-0.2, -0.15) is 8.78 Å². The second-order valence-electron chi connectivity index (χ2n) is 5.24. The summed E-state index contributed by atoms with van der Waals surface area (Å²) in [5.74, 6) is 0.233. The van der Waals surface area contributed by atoms with Crippen molar-refractivity contribution in [1.29, 1.82) is 0 Å². The second kappa shape index (κ2) is 7.87. The molecule has 0 fully saturated rings. The van der Waals surface area contributed by atoms with Crippen LogP contribution in [0.4, 0.5) is 8.78 Å². The van der Waals surface area contributed by atoms with Gasteiger partial charge >= 0.3 is 6.61 Å². The smallest absolute Gasteiger partial charge is 0.387 e. The lowest BCUT2D eigenvalue weighted by atomic mass is 10.3. The zero-order valence-corrected chi connectivity index (χ0v) is 15.1. The molecule has 0 aliphatic rings. The molecule has 0 radical (unpaired) electrons. The molecule has 0 N–H and O–H groups in total. The summed E-state index contributed by atoms with van der Waals surface area (Å²) in [4.78, 5) is 8.26. The van der Waals surface area contributed by atoms with Crippen LogP contribution >= 0.6 is 0 Å². The SMILES string of the molecule is [2H]C([2H])([2H])n1c(S(=O)Cc2nccc(OC)c2OC)nc2cc(OC(F)F)ccc21. The number of hydrogen-bond acceptors (Lipinski definition) is 6. The van der Waals surface area contributed by atoms with E-state index in [0.717, 1.165) is 10.6 Å². The first kappa shape index (κ1) is 15.3. The number of aryl methyl sites for hydroxylation is 1. The topological polar surface area (TPSA) is 75.5 Å². The molecule has 1 unspecified atom stereocenters. The third kappa shape index (κ3) is 3.85. The standard InChI is InChI=1S/C17H17F2N3O4S/c1-22-13-5-4-10(26-16(18)19)8-11(13)21-17(22)27(23)9-12-15(25-3)14(24-2)6-7-20-12/h4-8,16H,9H2,1-3H3/i1D3. The fourth-order valence-corrected chi connectivity index (χ4v) is 3.59. The number of pyridine rings is 1. The number of fused-ring (bicyclic) bond motifs is 1. The van der Waals surface area contributed by atoms with Gasteiger partial charge in [0.05, 0.1) is 47.5 Å². The molecule has 0 saturated heterocycles. The Labute approximate surface area is 160 Å². The van der Waals surface area contributed by atoms with Crippen LogP contribution in [0.15, 0.2) is 35.6 Å². The minimum Gasteiger partial charge on any atom is -0.493 e. The minimum atomic E-state index is -3.05. The molecule has 3 rings (SSSR count). The van der Waals surface area contributed by atoms with Crippen molar-refractivity contribution in [3.8, 4) is 17.2 Å². The zero-order chi connectivity index (χ0) is 22.1. The van der Waals surface area contributed by atoms with Crippen LogP contribution in [0.25, 0.3) is 11.0 Å². The van der Waals surface area contributed by atoms with Crippen LogP contribution < -0.4 is 14.2 Å². The van der Waals surface area contributed by atoms with Gasteiger partial charge in [0.25, 0.3) is 0 Å². The van der Waals surface area contributed by atoms with Gasteiger partial charge in [-0.25, -0.2) is 4.98 Å². The molecule has 0 aliphatic heterocycles. The number of benzene rings is 1. The summed E-state index contributed by atoms with van der Waals surface area (Å²) in [5.41, 5.74) is 0.435. The third-order valence-corrected chi connectivity index (χ3v) is 4.87. The minimum absolute atomic E-state index is 0.0539. The molecule has 7 nitrogen and oxygen atoms in total. The number of aromatic nitrogens is 3. The van der Waals surface area contributed by atoms with E-state index in [-0.39, 0.29) is 39.1 Å². The number of imidazole rings is 1. The summed E-state index contributed by atoms with van der Waals surface area (Å²) in [6.45, 7) is -5.76. The van der Waals surface area contributed by atoms with Crippen LogP contribution in [0.3, 0.4) is 0 Å². The third-order valence-electron chi connectivity index (χ3n) is 3.66. The average Bonchev–Trinajstić information content (AvgIpc) is 3.06. The number of rotatable bonds is 7. The van der Waals surface area contributed by atoms with Crippen molar-refractivity contribution in [2.45, 2.75) is 17.5 Å². The molecule has 1 atom stereocenters. The van der Waals surface area contributed by atoms with E-state index < -0.39 is 24.4 Å². The van der Waals surface area contributed by atoms with Crippen molar-refractivity contribution in [3.63, 3.8) is 0 Å². The summed E-state index contributed by atoms with van der Waals surface area (Å²) in [6.07, 6.45) is 1.44. The van der Waals surface area contributed by atoms with E-state index in [1.54, 1.807) is 6.07 Å². The highest BCUT2D eigenvalue weighted by molar-refractivity contribution is 7.84. The van der Waals surface area contributed by atoms with E-state index in [2.05, 4.69) is 14.7 Å². The van der Waals surface area contributed by atoms with Gasteiger partial charge in [-0.3, -0.25) is 9.19 Å². The highest BCUT2D eigenvalue weighted by Gasteiger charge is 2.19. The molecule has 144 valence electrons. The van der Waals surface area contributed by atoms with E-state index in [4.69, 9.17) is 13.6 Å². The second-order valence-corrected chi connectivity index (χ2v) is 6.59. The van der Waals surface area contributed by atoms with Crippen LogP contribution in [0.1, 0.15) is 9.81 Å². The first-order valence-corrected chi connectivity index (χ1v) is 8.89. The molecule has 0 amide bonds. The Morgan fingerprint density at radius 2 is 2.11 bits per heavy atom. The van der Waals surface area contributed by atoms with Gasteiger partial charge in [-0.15, -0.1) is 0 Å². The molecule has 0 spiro atoms. The highest BCUT2D eigenvalue weighted by Crippen LogP contribution is 2.31. The molecular weight excluding hydrogens is 380 g/mol. The molecule has 0 aliphatic carbocycles. The Balaban J connectivity index is 2.07. The molecule has 2 heterocycles. The predicted octanol–water partition coefficient (Wildman–Crippen LogP) is 2.89. The van der Waals surface area contributed by atoms with Crippen LogP contribution in [-0.4, -0.2) is 39.6 Å². The first-order valence-electron chi connectivity index (χ1n) is 9.07. The molecule has 0 bridgehead atoms. The Morgan fingerprint density at radius 1 is 1.30 bits per heavy atom. The summed E-state index contributed by atoms with van der Waals surface area (Å²) in [6, 6.07) is 5.19. The Kier molecular flexibility index (Phi) is 4.46. The maximum absolute atomic E-state index is 13.1. The maximum Gasteiger partial charge on any atom is 0.387 e. The molecule has 0 saturated carbocycles. The van der Waals surface area contributed by atoms with Gasteiger partial charge in [-0.05, 0) is 12.1 Å². The number of methoxy groups -OCH3 is 2. The van der Waals surface area contributed by atoms with Gasteiger partial charge in [0.15, 0.2) is 16.7 Å². The average molecular weight is 400 g/mol. The number of alkyl halides is 2. The lowest BCUT2D eigenvalue weighted by Gasteiger charge is -2.11. The van der Waals surface area contributed by atoms with E-state index in [1.807, 2.05) is 0 Å². The van der Waals surface area contributed by atoms with Crippen LogP contribution in [0.2, 0.25) is 0 Å². The highest BCUT2D eigenvalue weighted by atomic mass is 32.2. The van der Waals surface area contributed by atoms with E-state index in [1.165, 1.54) is 32.5 Å². The van der Waals surface area contributed by atoms with Crippen molar-refractivity contribution < 1.29 is 31.3 Å². The maximum atomic E-state index is 13.1. The van der Waals surface area contributed by atoms with E-state index in [0.29, 0.717) is 5.75 Å². The van der Waals surface area contributed by atoms with Crippen molar-refractivity contribution in [1.82, 2.24) is 14.5 Å². The Morgan fingerprint density at radius 3 is 2.78 bits per heavy atom. The van der Waals surface area contributed by atoms with Gasteiger partial charge in [0.1, 0.15) is 5.75 Å². The van der Waals surface area contributed by atoms with Crippen LogP contribution in [0, 0.1) is 0 Å². The van der Waals surface area contributed by atoms with Crippen molar-refractivity contribution in [2.24, 2.45) is 6.98 Å². The van der Waals surface area contributed by atoms with Crippen LogP contribution in [0.5, 0.6) is 17.2 Å². The lowest BCUT2D eigenvalue weighted by molar-refractivity contribution is -0.0497. The predicted molar refractivity (Wildman–Crippen MR) is 94.8 cm³/mol. The quantitative estimate of drug-likeness (QED) is 0.607. The van der Waals surface area contributed by atoms with Gasteiger partial charge in [0.2, 0.25) is 0 Å². The molecule has 2 aromatic heterocycles. The van der Waals surface area contributed by atoms with Crippen molar-refractivity contribution in [2.75, 3.05) is 14.2 Å². The largest absolute Gasteiger partial charge is 0.493 e. The summed E-state index contributed by atoms with van der Waals surface area (Å²) in [5, 5.41) is -0.258. The number of ether oxygens (including phenoxy) is 3. The molecular formula is C17H17F2N3O4S. The summed E-state index contributed by atoms with van der Waals surface area (Å²) >= 11 is 0. The first-order chi connectivity index (χ1) is 14.2. The summed E-state index contributed by atoms with van der Waals surface area (Å²) in [7, 11) is 0.873. The number of hydrogen-bond donors (Lipinski definition) is 0. The Bertz CT molecular complexity index is 1090. The van der Waals surface area contributed by atoms with Gasteiger partial charge < -0.3 is 18.8 Å². The zero-order valence-electron chi connectivity index (χ0n) is 17.3. The van der Waals surface area contributed by atoms with Gasteiger partial charge in [0, 0.05) is 29.4 Å². The molecule has 3 aromatic rings. The van der Waals surface area contributed by atoms with Crippen molar-refractivity contribution >= 4 is 21.8 Å². The van der Waals surface area contributed by atoms with Crippen molar-refractivity contribution in [3.05, 3.63) is 36.2 Å². The summed E-state index contributed by atoms with van der Waals surface area (Å²) < 4.78 is 77.1. The number of halogens is 2. The fraction of sp³-hybridized carbons (Fsp3) is 0.294. The van der Waals surface area contributed by atoms with Gasteiger partial charge in [-0.1, -0.05) is 0 Å². The van der Waals surface area contributed by atoms with E-state index in [9.17, 15) is 13.0 Å². The normalized spacial score (nSPS) is 14.5. The van der Waals surface area contributed by atoms with Crippen LogP contribution in [-0.2, 0) is 23.5 Å². The monoisotopic (exact) mass is 400 g/mol. The van der Waals surface area contributed by atoms with E-state index >= 15 is 0 Å². The fourth-order valence-electron chi connectivity index (χ4n) is 2.51. The number of nitrogens with zero attached hydrogens (tertiary/aromatic N) is 3. The lowest BCUT2D eigenvalue weighted by Crippen LogP contribution is -2.07. The molecule has 27 heavy (non-hydrogen) atoms. The molecule has 1 aromatic carbocycles. The Hall–Kier alpha value is -2.75. The molecule has 10 heteroatoms.